The van der Waals surface area contributed by atoms with Gasteiger partial charge in [-0.25, -0.2) is 0 Å². The molecule has 0 saturated carbocycles. The van der Waals surface area contributed by atoms with Crippen molar-refractivity contribution in [3.8, 4) is 6.07 Å². The van der Waals surface area contributed by atoms with Crippen LogP contribution < -0.4 is 0 Å². The van der Waals surface area contributed by atoms with Gasteiger partial charge in [0.15, 0.2) is 0 Å². The number of benzene rings is 2. The molecule has 1 heteroatoms. The van der Waals surface area contributed by atoms with Crippen molar-refractivity contribution in [2.45, 2.75) is 46.5 Å². The van der Waals surface area contributed by atoms with Crippen LogP contribution in [-0.4, -0.2) is 0 Å². The van der Waals surface area contributed by atoms with Crippen LogP contribution in [0.25, 0.3) is 17.2 Å². The molecule has 0 radical (unpaired) electrons. The van der Waals surface area contributed by atoms with E-state index in [2.05, 4.69) is 82.3 Å². The zero-order chi connectivity index (χ0) is 18.0. The quantitative estimate of drug-likeness (QED) is 0.609. The lowest BCUT2D eigenvalue weighted by Crippen LogP contribution is -1.88. The second kappa shape index (κ2) is 7.11. The largest absolute Gasteiger partial charge is 0.198 e. The minimum atomic E-state index is 0.552. The van der Waals surface area contributed by atoms with Crippen molar-refractivity contribution in [2.24, 2.45) is 0 Å². The lowest BCUT2D eigenvalue weighted by Gasteiger charge is -2.07. The highest BCUT2D eigenvalue weighted by Crippen LogP contribution is 2.44. The molecule has 2 aromatic carbocycles. The summed E-state index contributed by atoms with van der Waals surface area (Å²) in [4.78, 5) is 0. The van der Waals surface area contributed by atoms with Gasteiger partial charge < -0.3 is 0 Å². The number of rotatable bonds is 4. The maximum absolute atomic E-state index is 9.00. The molecule has 0 amide bonds. The van der Waals surface area contributed by atoms with E-state index in [1.165, 1.54) is 44.5 Å². The van der Waals surface area contributed by atoms with Crippen molar-refractivity contribution in [2.75, 3.05) is 0 Å². The monoisotopic (exact) mass is 327 g/mol. The van der Waals surface area contributed by atoms with E-state index in [4.69, 9.17) is 5.26 Å². The highest BCUT2D eigenvalue weighted by atomic mass is 14.3. The number of aryl methyl sites for hydroxylation is 1. The Hall–Kier alpha value is -2.59. The van der Waals surface area contributed by atoms with Crippen LogP contribution in [0.1, 0.15) is 67.3 Å². The van der Waals surface area contributed by atoms with E-state index >= 15 is 0 Å². The maximum Gasteiger partial charge on any atom is 0.0625 e. The Balaban J connectivity index is 2.06. The molecular formula is C24H25N. The Morgan fingerprint density at radius 2 is 1.72 bits per heavy atom. The van der Waals surface area contributed by atoms with Crippen molar-refractivity contribution in [1.82, 2.24) is 0 Å². The van der Waals surface area contributed by atoms with Crippen LogP contribution in [0.2, 0.25) is 0 Å². The van der Waals surface area contributed by atoms with Crippen LogP contribution in [-0.2, 0) is 0 Å². The molecule has 3 rings (SSSR count). The third-order valence-corrected chi connectivity index (χ3v) is 5.05. The van der Waals surface area contributed by atoms with E-state index in [9.17, 15) is 0 Å². The van der Waals surface area contributed by atoms with Gasteiger partial charge in [-0.2, -0.15) is 5.26 Å². The Bertz CT molecular complexity index is 887. The minimum absolute atomic E-state index is 0.552. The molecule has 0 N–H and O–H groups in total. The fourth-order valence-corrected chi connectivity index (χ4v) is 3.54. The van der Waals surface area contributed by atoms with Gasteiger partial charge >= 0.3 is 0 Å². The van der Waals surface area contributed by atoms with Crippen molar-refractivity contribution in [3.63, 3.8) is 0 Å². The Labute approximate surface area is 151 Å². The lowest BCUT2D eigenvalue weighted by atomic mass is 9.97. The first kappa shape index (κ1) is 17.2. The normalized spacial score (nSPS) is 15.0. The summed E-state index contributed by atoms with van der Waals surface area (Å²) in [5.74, 6) is 0.552. The van der Waals surface area contributed by atoms with Gasteiger partial charge in [-0.15, -0.1) is 0 Å². The summed E-state index contributed by atoms with van der Waals surface area (Å²) in [5.41, 5.74) is 10.4. The molecular weight excluding hydrogens is 302 g/mol. The molecule has 0 heterocycles. The summed E-state index contributed by atoms with van der Waals surface area (Å²) < 4.78 is 0. The summed E-state index contributed by atoms with van der Waals surface area (Å²) in [6.07, 6.45) is 3.67. The molecule has 0 atom stereocenters. The number of nitriles is 1. The van der Waals surface area contributed by atoms with E-state index < -0.39 is 0 Å². The highest BCUT2D eigenvalue weighted by molar-refractivity contribution is 6.05. The lowest BCUT2D eigenvalue weighted by molar-refractivity contribution is 0.866. The van der Waals surface area contributed by atoms with Crippen LogP contribution >= 0.6 is 0 Å². The van der Waals surface area contributed by atoms with Crippen LogP contribution in [0.3, 0.4) is 0 Å². The van der Waals surface area contributed by atoms with E-state index in [1.807, 2.05) is 0 Å². The van der Waals surface area contributed by atoms with Crippen molar-refractivity contribution in [3.05, 3.63) is 75.9 Å². The van der Waals surface area contributed by atoms with Gasteiger partial charge in [0.1, 0.15) is 0 Å². The molecule has 126 valence electrons. The minimum Gasteiger partial charge on any atom is -0.198 e. The topological polar surface area (TPSA) is 23.8 Å². The third kappa shape index (κ3) is 3.44. The van der Waals surface area contributed by atoms with Crippen molar-refractivity contribution in [1.29, 1.82) is 5.26 Å². The van der Waals surface area contributed by atoms with E-state index in [0.29, 0.717) is 12.3 Å². The molecule has 0 saturated heterocycles. The average Bonchev–Trinajstić information content (AvgIpc) is 2.84. The average molecular weight is 327 g/mol. The second-order valence-corrected chi connectivity index (χ2v) is 7.19. The number of hydrogen-bond donors (Lipinski definition) is 0. The van der Waals surface area contributed by atoms with E-state index in [-0.39, 0.29) is 0 Å². The summed E-state index contributed by atoms with van der Waals surface area (Å²) in [7, 11) is 0. The molecule has 1 nitrogen and oxygen atoms in total. The number of fused-ring (bicyclic) bond motifs is 1. The molecule has 0 bridgehead atoms. The summed E-state index contributed by atoms with van der Waals surface area (Å²) in [5, 5.41) is 9.00. The molecule has 25 heavy (non-hydrogen) atoms. The van der Waals surface area contributed by atoms with Gasteiger partial charge in [-0.3, -0.25) is 0 Å². The smallest absolute Gasteiger partial charge is 0.0625 e. The molecule has 0 aliphatic heterocycles. The van der Waals surface area contributed by atoms with Gasteiger partial charge in [-0.05, 0) is 71.2 Å². The first-order valence-corrected chi connectivity index (χ1v) is 9.01. The fraction of sp³-hybridized carbons (Fsp3) is 0.292. The number of nitrogens with zero attached hydrogens (tertiary/aromatic N) is 1. The molecule has 0 fully saturated rings. The second-order valence-electron chi connectivity index (χ2n) is 7.19. The third-order valence-electron chi connectivity index (χ3n) is 5.05. The van der Waals surface area contributed by atoms with Crippen LogP contribution in [0.5, 0.6) is 0 Å². The van der Waals surface area contributed by atoms with Crippen LogP contribution in [0.15, 0.2) is 48.0 Å². The van der Waals surface area contributed by atoms with Gasteiger partial charge in [0.25, 0.3) is 0 Å². The SMILES string of the molecule is CC1=C(CCC#N)c2cc(C)ccc2/C1=C\c1ccc(C(C)C)cc1. The Kier molecular flexibility index (Phi) is 4.91. The van der Waals surface area contributed by atoms with Gasteiger partial charge in [0.05, 0.1) is 6.07 Å². The zero-order valence-corrected chi connectivity index (χ0v) is 15.6. The number of allylic oxidation sites excluding steroid dienone is 3. The standard InChI is InChI=1S/C24H25N/c1-16(2)20-10-8-19(9-11-20)15-23-18(4)21(6-5-13-25)24-14-17(3)7-12-22(23)24/h7-12,14-16H,5-6H2,1-4H3/b23-15-. The maximum atomic E-state index is 9.00. The predicted molar refractivity (Wildman–Crippen MR) is 107 cm³/mol. The fourth-order valence-electron chi connectivity index (χ4n) is 3.54. The van der Waals surface area contributed by atoms with Gasteiger partial charge in [0.2, 0.25) is 0 Å². The van der Waals surface area contributed by atoms with Gasteiger partial charge in [0, 0.05) is 6.42 Å². The molecule has 0 unspecified atom stereocenters. The van der Waals surface area contributed by atoms with E-state index in [1.54, 1.807) is 0 Å². The number of hydrogen-bond acceptors (Lipinski definition) is 1. The molecule has 0 spiro atoms. The summed E-state index contributed by atoms with van der Waals surface area (Å²) >= 11 is 0. The molecule has 1 aliphatic rings. The summed E-state index contributed by atoms with van der Waals surface area (Å²) in [6.45, 7) is 8.76. The molecule has 2 aromatic rings. The molecule has 1 aliphatic carbocycles. The Morgan fingerprint density at radius 3 is 2.36 bits per heavy atom. The van der Waals surface area contributed by atoms with Crippen LogP contribution in [0, 0.1) is 18.3 Å². The van der Waals surface area contributed by atoms with Crippen LogP contribution in [0.4, 0.5) is 0 Å². The van der Waals surface area contributed by atoms with E-state index in [0.717, 1.165) is 6.42 Å². The first-order chi connectivity index (χ1) is 12.0. The highest BCUT2D eigenvalue weighted by Gasteiger charge is 2.23. The summed E-state index contributed by atoms with van der Waals surface area (Å²) in [6, 6.07) is 17.8. The van der Waals surface area contributed by atoms with Gasteiger partial charge in [-0.1, -0.05) is 61.9 Å². The zero-order valence-electron chi connectivity index (χ0n) is 15.6. The van der Waals surface area contributed by atoms with Crippen molar-refractivity contribution < 1.29 is 0 Å². The Morgan fingerprint density at radius 1 is 1.00 bits per heavy atom. The first-order valence-electron chi connectivity index (χ1n) is 9.01. The molecule has 0 aromatic heterocycles. The van der Waals surface area contributed by atoms with Crippen molar-refractivity contribution >= 4 is 17.2 Å². The predicted octanol–water partition coefficient (Wildman–Crippen LogP) is 6.75.